The van der Waals surface area contributed by atoms with Gasteiger partial charge in [-0.25, -0.2) is 4.98 Å². The molecule has 0 amide bonds. The van der Waals surface area contributed by atoms with E-state index in [1.165, 1.54) is 0 Å². The van der Waals surface area contributed by atoms with Crippen LogP contribution in [-0.2, 0) is 0 Å². The number of benzene rings is 2. The molecule has 0 bridgehead atoms. The summed E-state index contributed by atoms with van der Waals surface area (Å²) in [7, 11) is 0. The van der Waals surface area contributed by atoms with E-state index in [0.29, 0.717) is 0 Å². The molecular weight excluding hydrogens is 302 g/mol. The fourth-order valence-electron chi connectivity index (χ4n) is 2.97. The molecule has 0 unspecified atom stereocenters. The highest BCUT2D eigenvalue weighted by Gasteiger charge is 2.15. The Morgan fingerprint density at radius 3 is 2.62 bits per heavy atom. The van der Waals surface area contributed by atoms with Crippen molar-refractivity contribution in [2.45, 2.75) is 0 Å². The lowest BCUT2D eigenvalue weighted by Gasteiger charge is -2.07. The van der Waals surface area contributed by atoms with E-state index in [1.54, 1.807) is 12.4 Å². The number of nitrogens with zero attached hydrogens (tertiary/aromatic N) is 3. The Labute approximate surface area is 138 Å². The molecule has 0 saturated carbocycles. The Kier molecular flexibility index (Phi) is 2.79. The molecule has 0 fully saturated rings. The van der Waals surface area contributed by atoms with Gasteiger partial charge in [-0.2, -0.15) is 0 Å². The predicted molar refractivity (Wildman–Crippen MR) is 90.4 cm³/mol. The van der Waals surface area contributed by atoms with E-state index < -0.39 is 0 Å². The van der Waals surface area contributed by atoms with Crippen molar-refractivity contribution in [2.75, 3.05) is 6.79 Å². The normalized spacial score (nSPS) is 12.7. The van der Waals surface area contributed by atoms with E-state index in [1.807, 2.05) is 42.7 Å². The van der Waals surface area contributed by atoms with Crippen LogP contribution < -0.4 is 9.47 Å². The first-order chi connectivity index (χ1) is 11.9. The molecule has 1 aliphatic heterocycles. The zero-order valence-corrected chi connectivity index (χ0v) is 12.7. The van der Waals surface area contributed by atoms with Crippen LogP contribution in [0.25, 0.3) is 27.8 Å². The van der Waals surface area contributed by atoms with Gasteiger partial charge in [0, 0.05) is 18.5 Å². The van der Waals surface area contributed by atoms with Crippen molar-refractivity contribution in [1.82, 2.24) is 14.5 Å². The number of pyridine rings is 1. The molecule has 0 radical (unpaired) electrons. The van der Waals surface area contributed by atoms with Crippen molar-refractivity contribution in [3.8, 4) is 28.3 Å². The Hall–Kier alpha value is -3.34. The topological polar surface area (TPSA) is 49.2 Å². The molecule has 0 saturated heterocycles. The average Bonchev–Trinajstić information content (AvgIpc) is 3.27. The first-order valence-corrected chi connectivity index (χ1v) is 7.66. The quantitative estimate of drug-likeness (QED) is 0.564. The molecule has 1 aliphatic rings. The molecule has 3 heterocycles. The van der Waals surface area contributed by atoms with Gasteiger partial charge in [-0.3, -0.25) is 9.55 Å². The molecule has 116 valence electrons. The second-order valence-electron chi connectivity index (χ2n) is 5.59. The third-order valence-corrected chi connectivity index (χ3v) is 4.20. The minimum atomic E-state index is 0.273. The van der Waals surface area contributed by atoms with Crippen molar-refractivity contribution in [3.05, 3.63) is 67.3 Å². The summed E-state index contributed by atoms with van der Waals surface area (Å²) in [6.45, 7) is 0.273. The number of aromatic nitrogens is 3. The molecular formula is C19H13N3O2. The fourth-order valence-corrected chi connectivity index (χ4v) is 2.97. The van der Waals surface area contributed by atoms with E-state index in [-0.39, 0.29) is 6.79 Å². The monoisotopic (exact) mass is 315 g/mol. The van der Waals surface area contributed by atoms with Crippen LogP contribution in [0, 0.1) is 0 Å². The van der Waals surface area contributed by atoms with Crippen LogP contribution in [0.15, 0.2) is 67.3 Å². The molecule has 5 rings (SSSR count). The lowest BCUT2D eigenvalue weighted by molar-refractivity contribution is 0.174. The number of hydrogen-bond donors (Lipinski definition) is 0. The number of ether oxygens (including phenoxy) is 2. The van der Waals surface area contributed by atoms with E-state index in [2.05, 4.69) is 26.7 Å². The first-order valence-electron chi connectivity index (χ1n) is 7.66. The van der Waals surface area contributed by atoms with E-state index in [0.717, 1.165) is 39.3 Å². The maximum Gasteiger partial charge on any atom is 0.231 e. The van der Waals surface area contributed by atoms with Gasteiger partial charge in [0.2, 0.25) is 6.79 Å². The molecule has 5 heteroatoms. The predicted octanol–water partition coefficient (Wildman–Crippen LogP) is 3.82. The van der Waals surface area contributed by atoms with Crippen molar-refractivity contribution in [1.29, 1.82) is 0 Å². The van der Waals surface area contributed by atoms with Crippen LogP contribution in [0.4, 0.5) is 0 Å². The Bertz CT molecular complexity index is 1040. The highest BCUT2D eigenvalue weighted by molar-refractivity contribution is 5.83. The molecule has 0 atom stereocenters. The van der Waals surface area contributed by atoms with E-state index in [4.69, 9.17) is 9.47 Å². The summed E-state index contributed by atoms with van der Waals surface area (Å²) < 4.78 is 12.9. The third-order valence-electron chi connectivity index (χ3n) is 4.20. The summed E-state index contributed by atoms with van der Waals surface area (Å²) in [5, 5.41) is 0. The Morgan fingerprint density at radius 2 is 1.71 bits per heavy atom. The van der Waals surface area contributed by atoms with Gasteiger partial charge < -0.3 is 9.47 Å². The van der Waals surface area contributed by atoms with Gasteiger partial charge in [-0.05, 0) is 47.5 Å². The summed E-state index contributed by atoms with van der Waals surface area (Å²) in [6.07, 6.45) is 5.43. The van der Waals surface area contributed by atoms with Gasteiger partial charge in [-0.1, -0.05) is 6.07 Å². The SMILES string of the molecule is c1cc(-c2ccc3ncn(-c4ccc5c(c4)OCO5)c3c2)ccn1. The van der Waals surface area contributed by atoms with Gasteiger partial charge in [-0.15, -0.1) is 0 Å². The highest BCUT2D eigenvalue weighted by atomic mass is 16.7. The molecule has 0 N–H and O–H groups in total. The molecule has 2 aromatic heterocycles. The molecule has 0 aliphatic carbocycles. The lowest BCUT2D eigenvalue weighted by atomic mass is 10.1. The number of fused-ring (bicyclic) bond motifs is 2. The van der Waals surface area contributed by atoms with Crippen LogP contribution in [0.1, 0.15) is 0 Å². The number of hydrogen-bond acceptors (Lipinski definition) is 4. The van der Waals surface area contributed by atoms with Gasteiger partial charge >= 0.3 is 0 Å². The fraction of sp³-hybridized carbons (Fsp3) is 0.0526. The molecule has 2 aromatic carbocycles. The minimum absolute atomic E-state index is 0.273. The lowest BCUT2D eigenvalue weighted by Crippen LogP contribution is -1.93. The smallest absolute Gasteiger partial charge is 0.231 e. The first kappa shape index (κ1) is 13.1. The second kappa shape index (κ2) is 5.09. The van der Waals surface area contributed by atoms with Crippen LogP contribution in [0.2, 0.25) is 0 Å². The average molecular weight is 315 g/mol. The summed E-state index contributed by atoms with van der Waals surface area (Å²) in [4.78, 5) is 8.58. The van der Waals surface area contributed by atoms with E-state index >= 15 is 0 Å². The van der Waals surface area contributed by atoms with Crippen LogP contribution >= 0.6 is 0 Å². The largest absolute Gasteiger partial charge is 0.454 e. The molecule has 5 nitrogen and oxygen atoms in total. The van der Waals surface area contributed by atoms with Gasteiger partial charge in [0.25, 0.3) is 0 Å². The minimum Gasteiger partial charge on any atom is -0.454 e. The van der Waals surface area contributed by atoms with Gasteiger partial charge in [0.05, 0.1) is 16.7 Å². The molecule has 4 aromatic rings. The van der Waals surface area contributed by atoms with Crippen molar-refractivity contribution >= 4 is 11.0 Å². The van der Waals surface area contributed by atoms with Crippen LogP contribution in [0.5, 0.6) is 11.5 Å². The van der Waals surface area contributed by atoms with E-state index in [9.17, 15) is 0 Å². The summed E-state index contributed by atoms with van der Waals surface area (Å²) in [6, 6.07) is 16.2. The number of imidazole rings is 1. The maximum atomic E-state index is 5.48. The van der Waals surface area contributed by atoms with Crippen molar-refractivity contribution in [2.24, 2.45) is 0 Å². The second-order valence-corrected chi connectivity index (χ2v) is 5.59. The zero-order chi connectivity index (χ0) is 15.9. The summed E-state index contributed by atoms with van der Waals surface area (Å²) in [5.41, 5.74) is 5.25. The third kappa shape index (κ3) is 2.02. The van der Waals surface area contributed by atoms with Crippen LogP contribution in [0.3, 0.4) is 0 Å². The van der Waals surface area contributed by atoms with Crippen molar-refractivity contribution in [3.63, 3.8) is 0 Å². The van der Waals surface area contributed by atoms with Gasteiger partial charge in [0.15, 0.2) is 11.5 Å². The number of rotatable bonds is 2. The molecule has 0 spiro atoms. The highest BCUT2D eigenvalue weighted by Crippen LogP contribution is 2.34. The Balaban J connectivity index is 1.66. The Morgan fingerprint density at radius 1 is 0.833 bits per heavy atom. The zero-order valence-electron chi connectivity index (χ0n) is 12.7. The molecule has 24 heavy (non-hydrogen) atoms. The van der Waals surface area contributed by atoms with Crippen LogP contribution in [-0.4, -0.2) is 21.3 Å². The summed E-state index contributed by atoms with van der Waals surface area (Å²) >= 11 is 0. The van der Waals surface area contributed by atoms with Gasteiger partial charge in [0.1, 0.15) is 6.33 Å². The maximum absolute atomic E-state index is 5.48. The summed E-state index contributed by atoms with van der Waals surface area (Å²) in [5.74, 6) is 1.54. The standard InChI is InChI=1S/C19H13N3O2/c1-3-16-17(9-14(1)13-5-7-20-8-6-13)22(11-21-16)15-2-4-18-19(10-15)24-12-23-18/h1-11H,12H2. The van der Waals surface area contributed by atoms with Crippen molar-refractivity contribution < 1.29 is 9.47 Å².